The Balaban J connectivity index is 1.39. The number of amides is 1. The van der Waals surface area contributed by atoms with Crippen LogP contribution in [-0.2, 0) is 24.3 Å². The summed E-state index contributed by atoms with van der Waals surface area (Å²) in [4.78, 5) is 17.6. The van der Waals surface area contributed by atoms with E-state index >= 15 is 0 Å². The van der Waals surface area contributed by atoms with Crippen LogP contribution in [0, 0.1) is 5.92 Å². The van der Waals surface area contributed by atoms with Crippen LogP contribution in [0.1, 0.15) is 29.5 Å². The van der Waals surface area contributed by atoms with Gasteiger partial charge in [0.05, 0.1) is 5.92 Å². The zero-order valence-electron chi connectivity index (χ0n) is 15.0. The summed E-state index contributed by atoms with van der Waals surface area (Å²) >= 11 is 6.11. The molecule has 0 saturated carbocycles. The summed E-state index contributed by atoms with van der Waals surface area (Å²) in [5.41, 5.74) is 3.92. The van der Waals surface area contributed by atoms with E-state index in [1.54, 1.807) is 0 Å². The Hall–Kier alpha value is -1.84. The molecule has 0 aromatic heterocycles. The molecule has 4 heteroatoms. The minimum absolute atomic E-state index is 0.119. The molecule has 2 aliphatic heterocycles. The van der Waals surface area contributed by atoms with Crippen molar-refractivity contribution in [1.82, 2.24) is 9.80 Å². The number of likely N-dealkylation sites (tertiary alicyclic amines) is 1. The number of fused-ring (bicyclic) bond motifs is 1. The van der Waals surface area contributed by atoms with Gasteiger partial charge in [0.15, 0.2) is 0 Å². The molecule has 0 bridgehead atoms. The molecule has 2 aliphatic rings. The van der Waals surface area contributed by atoms with Crippen molar-refractivity contribution in [3.8, 4) is 0 Å². The number of carbonyl (C=O) groups is 1. The Bertz CT molecular complexity index is 791. The molecule has 0 aliphatic carbocycles. The van der Waals surface area contributed by atoms with Gasteiger partial charge in [-0.15, -0.1) is 0 Å². The maximum Gasteiger partial charge on any atom is 0.227 e. The maximum atomic E-state index is 13.1. The van der Waals surface area contributed by atoms with Gasteiger partial charge in [-0.05, 0) is 54.6 Å². The van der Waals surface area contributed by atoms with Gasteiger partial charge in [0.1, 0.15) is 0 Å². The second-order valence-corrected chi connectivity index (χ2v) is 7.92. The van der Waals surface area contributed by atoms with Crippen molar-refractivity contribution < 1.29 is 4.79 Å². The van der Waals surface area contributed by atoms with E-state index in [4.69, 9.17) is 11.6 Å². The molecule has 1 unspecified atom stereocenters. The first kappa shape index (κ1) is 17.6. The Morgan fingerprint density at radius 2 is 1.92 bits per heavy atom. The van der Waals surface area contributed by atoms with Crippen molar-refractivity contribution in [2.24, 2.45) is 5.92 Å². The molecule has 2 heterocycles. The predicted molar refractivity (Wildman–Crippen MR) is 105 cm³/mol. The van der Waals surface area contributed by atoms with Crippen LogP contribution in [0.4, 0.5) is 0 Å². The number of piperidine rings is 1. The minimum Gasteiger partial charge on any atom is -0.338 e. The highest BCUT2D eigenvalue weighted by molar-refractivity contribution is 6.30. The predicted octanol–water partition coefficient (Wildman–Crippen LogP) is 4.14. The number of hydrogen-bond acceptors (Lipinski definition) is 2. The summed E-state index contributed by atoms with van der Waals surface area (Å²) in [6.07, 6.45) is 3.06. The molecule has 1 saturated heterocycles. The van der Waals surface area contributed by atoms with E-state index in [-0.39, 0.29) is 5.92 Å². The van der Waals surface area contributed by atoms with Gasteiger partial charge in [0.2, 0.25) is 5.91 Å². The zero-order chi connectivity index (χ0) is 17.9. The number of carbonyl (C=O) groups excluding carboxylic acids is 1. The molecule has 3 nitrogen and oxygen atoms in total. The molecular formula is C22H25ClN2O. The number of benzene rings is 2. The summed E-state index contributed by atoms with van der Waals surface area (Å²) in [6.45, 7) is 4.39. The van der Waals surface area contributed by atoms with Gasteiger partial charge in [0.25, 0.3) is 0 Å². The summed E-state index contributed by atoms with van der Waals surface area (Å²) in [5, 5.41) is 0.777. The second kappa shape index (κ2) is 7.81. The molecule has 4 rings (SSSR count). The Labute approximate surface area is 160 Å². The third-order valence-corrected chi connectivity index (χ3v) is 5.83. The normalized spacial score (nSPS) is 20.7. The number of nitrogens with zero attached hydrogens (tertiary/aromatic N) is 2. The van der Waals surface area contributed by atoms with Gasteiger partial charge < -0.3 is 4.90 Å². The van der Waals surface area contributed by atoms with E-state index in [0.29, 0.717) is 5.91 Å². The van der Waals surface area contributed by atoms with Crippen LogP contribution in [0.2, 0.25) is 5.02 Å². The highest BCUT2D eigenvalue weighted by atomic mass is 35.5. The number of halogens is 1. The van der Waals surface area contributed by atoms with Crippen molar-refractivity contribution in [3.05, 3.63) is 70.2 Å². The van der Waals surface area contributed by atoms with E-state index in [0.717, 1.165) is 57.0 Å². The largest absolute Gasteiger partial charge is 0.338 e. The van der Waals surface area contributed by atoms with Gasteiger partial charge in [-0.25, -0.2) is 0 Å². The monoisotopic (exact) mass is 368 g/mol. The van der Waals surface area contributed by atoms with Gasteiger partial charge >= 0.3 is 0 Å². The molecule has 136 valence electrons. The molecule has 2 aromatic rings. The Kier molecular flexibility index (Phi) is 5.28. The van der Waals surface area contributed by atoms with Crippen molar-refractivity contribution in [2.45, 2.75) is 32.4 Å². The Morgan fingerprint density at radius 1 is 1.08 bits per heavy atom. The third-order valence-electron chi connectivity index (χ3n) is 5.59. The maximum absolute atomic E-state index is 13.1. The lowest BCUT2D eigenvalue weighted by Gasteiger charge is -2.36. The van der Waals surface area contributed by atoms with Crippen LogP contribution in [0.25, 0.3) is 0 Å². The lowest BCUT2D eigenvalue weighted by molar-refractivity contribution is -0.138. The van der Waals surface area contributed by atoms with Gasteiger partial charge in [-0.2, -0.15) is 0 Å². The molecule has 2 aromatic carbocycles. The number of hydrogen-bond donors (Lipinski definition) is 0. The number of rotatable bonds is 3. The minimum atomic E-state index is 0.119. The highest BCUT2D eigenvalue weighted by Gasteiger charge is 2.30. The fraction of sp³-hybridized carbons (Fsp3) is 0.409. The quantitative estimate of drug-likeness (QED) is 0.813. The second-order valence-electron chi connectivity index (χ2n) is 7.48. The van der Waals surface area contributed by atoms with Crippen LogP contribution < -0.4 is 0 Å². The molecule has 0 radical (unpaired) electrons. The van der Waals surface area contributed by atoms with Crippen molar-refractivity contribution in [3.63, 3.8) is 0 Å². The van der Waals surface area contributed by atoms with Crippen molar-refractivity contribution in [2.75, 3.05) is 19.6 Å². The molecule has 0 N–H and O–H groups in total. The average Bonchev–Trinajstić information content (AvgIpc) is 2.67. The highest BCUT2D eigenvalue weighted by Crippen LogP contribution is 2.25. The molecule has 26 heavy (non-hydrogen) atoms. The van der Waals surface area contributed by atoms with Crippen LogP contribution in [0.3, 0.4) is 0 Å². The standard InChI is InChI=1S/C22H25ClN2O/c23-21-9-3-5-17(13-21)14-24-11-4-8-20(15-24)22(26)25-12-10-18-6-1-2-7-19(18)16-25/h1-3,5-7,9,13,20H,4,8,10-12,14-16H2. The average molecular weight is 369 g/mol. The first-order valence-electron chi connectivity index (χ1n) is 9.51. The van der Waals surface area contributed by atoms with Crippen LogP contribution in [-0.4, -0.2) is 35.3 Å². The van der Waals surface area contributed by atoms with Gasteiger partial charge in [-0.1, -0.05) is 48.0 Å². The van der Waals surface area contributed by atoms with Crippen molar-refractivity contribution >= 4 is 17.5 Å². The SMILES string of the molecule is O=C(C1CCCN(Cc2cccc(Cl)c2)C1)N1CCc2ccccc2C1. The van der Waals surface area contributed by atoms with Crippen molar-refractivity contribution in [1.29, 1.82) is 0 Å². The summed E-state index contributed by atoms with van der Waals surface area (Å²) in [5.74, 6) is 0.448. The summed E-state index contributed by atoms with van der Waals surface area (Å²) < 4.78 is 0. The molecular weight excluding hydrogens is 344 g/mol. The van der Waals surface area contributed by atoms with E-state index in [9.17, 15) is 4.79 Å². The molecule has 1 fully saturated rings. The summed E-state index contributed by atoms with van der Waals surface area (Å²) in [7, 11) is 0. The Morgan fingerprint density at radius 3 is 2.77 bits per heavy atom. The third kappa shape index (κ3) is 3.94. The van der Waals surface area contributed by atoms with Gasteiger partial charge in [0, 0.05) is 31.2 Å². The summed E-state index contributed by atoms with van der Waals surface area (Å²) in [6, 6.07) is 16.5. The van der Waals surface area contributed by atoms with E-state index in [1.165, 1.54) is 16.7 Å². The first-order valence-corrected chi connectivity index (χ1v) is 9.89. The van der Waals surface area contributed by atoms with Crippen LogP contribution in [0.15, 0.2) is 48.5 Å². The smallest absolute Gasteiger partial charge is 0.227 e. The molecule has 1 atom stereocenters. The lowest BCUT2D eigenvalue weighted by atomic mass is 9.93. The topological polar surface area (TPSA) is 23.6 Å². The zero-order valence-corrected chi connectivity index (χ0v) is 15.8. The van der Waals surface area contributed by atoms with E-state index in [1.807, 2.05) is 18.2 Å². The van der Waals surface area contributed by atoms with E-state index < -0.39 is 0 Å². The fourth-order valence-electron chi connectivity index (χ4n) is 4.24. The fourth-order valence-corrected chi connectivity index (χ4v) is 4.45. The van der Waals surface area contributed by atoms with Gasteiger partial charge in [-0.3, -0.25) is 9.69 Å². The first-order chi connectivity index (χ1) is 12.7. The molecule has 0 spiro atoms. The van der Waals surface area contributed by atoms with Crippen LogP contribution in [0.5, 0.6) is 0 Å². The lowest BCUT2D eigenvalue weighted by Crippen LogP contribution is -2.46. The van der Waals surface area contributed by atoms with Crippen LogP contribution >= 0.6 is 11.6 Å². The van der Waals surface area contributed by atoms with E-state index in [2.05, 4.69) is 40.1 Å². The molecule has 1 amide bonds.